The highest BCUT2D eigenvalue weighted by atomic mass is 19.4. The van der Waals surface area contributed by atoms with Crippen LogP contribution in [0.3, 0.4) is 0 Å². The number of nitrogens with one attached hydrogen (secondary N) is 1. The lowest BCUT2D eigenvalue weighted by Gasteiger charge is -2.11. The molecule has 0 unspecified atom stereocenters. The Morgan fingerprint density at radius 3 is 2.10 bits per heavy atom. The van der Waals surface area contributed by atoms with Crippen molar-refractivity contribution in [1.29, 1.82) is 0 Å². The van der Waals surface area contributed by atoms with E-state index >= 15 is 0 Å². The lowest BCUT2D eigenvalue weighted by Crippen LogP contribution is -2.16. The Balaban J connectivity index is 2.12. The molecule has 3 aromatic rings. The SMILES string of the molecule is Cc1ccc(NC=C(c2nnc(C(F)(F)F)n2-c2ccc(C)cc2)[N+](=O)[O-])cc1. The molecule has 0 aliphatic carbocycles. The summed E-state index contributed by atoms with van der Waals surface area (Å²) in [6.45, 7) is 3.65. The molecule has 29 heavy (non-hydrogen) atoms. The number of halogens is 3. The summed E-state index contributed by atoms with van der Waals surface area (Å²) in [5.41, 5.74) is 1.75. The van der Waals surface area contributed by atoms with Crippen molar-refractivity contribution in [2.45, 2.75) is 20.0 Å². The highest BCUT2D eigenvalue weighted by molar-refractivity contribution is 5.60. The zero-order chi connectivity index (χ0) is 21.2. The van der Waals surface area contributed by atoms with Crippen LogP contribution in [-0.2, 0) is 6.18 Å². The summed E-state index contributed by atoms with van der Waals surface area (Å²) < 4.78 is 41.0. The van der Waals surface area contributed by atoms with E-state index in [1.807, 2.05) is 6.92 Å². The lowest BCUT2D eigenvalue weighted by atomic mass is 10.2. The number of benzene rings is 2. The van der Waals surface area contributed by atoms with E-state index in [2.05, 4.69) is 15.5 Å². The molecule has 1 N–H and O–H groups in total. The standard InChI is InChI=1S/C19H16F3N5O2/c1-12-3-7-14(8-4-12)23-11-16(27(28)29)17-24-25-18(19(20,21)22)26(17)15-9-5-13(2)6-10-15/h3-11,23H,1-2H3. The van der Waals surface area contributed by atoms with Crippen LogP contribution in [0.5, 0.6) is 0 Å². The zero-order valence-corrected chi connectivity index (χ0v) is 15.4. The van der Waals surface area contributed by atoms with Gasteiger partial charge in [-0.2, -0.15) is 13.2 Å². The predicted molar refractivity (Wildman–Crippen MR) is 101 cm³/mol. The maximum absolute atomic E-state index is 13.5. The summed E-state index contributed by atoms with van der Waals surface area (Å²) in [5.74, 6) is -1.88. The van der Waals surface area contributed by atoms with E-state index < -0.39 is 28.4 Å². The molecule has 1 heterocycles. The van der Waals surface area contributed by atoms with E-state index in [4.69, 9.17) is 0 Å². The number of alkyl halides is 3. The summed E-state index contributed by atoms with van der Waals surface area (Å²) in [7, 11) is 0. The summed E-state index contributed by atoms with van der Waals surface area (Å²) in [6, 6.07) is 13.0. The summed E-state index contributed by atoms with van der Waals surface area (Å²) in [5, 5.41) is 21.0. The molecule has 0 radical (unpaired) electrons. The zero-order valence-electron chi connectivity index (χ0n) is 15.4. The normalized spacial score (nSPS) is 12.1. The Morgan fingerprint density at radius 1 is 1.03 bits per heavy atom. The molecule has 10 heteroatoms. The topological polar surface area (TPSA) is 85.9 Å². The maximum atomic E-state index is 13.5. The fourth-order valence-electron chi connectivity index (χ4n) is 2.57. The number of anilines is 1. The van der Waals surface area contributed by atoms with Crippen molar-refractivity contribution >= 4 is 11.4 Å². The minimum atomic E-state index is -4.85. The van der Waals surface area contributed by atoms with Gasteiger partial charge in [0, 0.05) is 11.4 Å². The molecule has 0 amide bonds. The van der Waals surface area contributed by atoms with Crippen molar-refractivity contribution in [2.75, 3.05) is 5.32 Å². The number of rotatable bonds is 5. The maximum Gasteiger partial charge on any atom is 0.452 e. The molecule has 0 aliphatic rings. The van der Waals surface area contributed by atoms with Crippen molar-refractivity contribution in [3.05, 3.63) is 87.6 Å². The Bertz CT molecular complexity index is 1050. The quantitative estimate of drug-likeness (QED) is 0.497. The third kappa shape index (κ3) is 4.42. The largest absolute Gasteiger partial charge is 0.452 e. The van der Waals surface area contributed by atoms with Gasteiger partial charge in [-0.3, -0.25) is 14.7 Å². The van der Waals surface area contributed by atoms with Gasteiger partial charge in [0.05, 0.1) is 11.1 Å². The van der Waals surface area contributed by atoms with E-state index in [1.54, 1.807) is 43.3 Å². The fraction of sp³-hybridized carbons (Fsp3) is 0.158. The van der Waals surface area contributed by atoms with Crippen LogP contribution in [0.25, 0.3) is 11.4 Å². The van der Waals surface area contributed by atoms with Gasteiger partial charge in [0.25, 0.3) is 0 Å². The molecule has 150 valence electrons. The van der Waals surface area contributed by atoms with Crippen LogP contribution in [0.2, 0.25) is 0 Å². The van der Waals surface area contributed by atoms with Gasteiger partial charge in [0.2, 0.25) is 11.6 Å². The Hall–Kier alpha value is -3.69. The van der Waals surface area contributed by atoms with E-state index in [0.29, 0.717) is 10.3 Å². The first-order chi connectivity index (χ1) is 13.7. The molecule has 7 nitrogen and oxygen atoms in total. The number of nitrogens with zero attached hydrogens (tertiary/aromatic N) is 4. The highest BCUT2D eigenvalue weighted by Gasteiger charge is 2.41. The van der Waals surface area contributed by atoms with Gasteiger partial charge >= 0.3 is 11.9 Å². The van der Waals surface area contributed by atoms with Gasteiger partial charge in [0.15, 0.2) is 0 Å². The van der Waals surface area contributed by atoms with Gasteiger partial charge in [0.1, 0.15) is 0 Å². The molecule has 0 aliphatic heterocycles. The molecule has 0 fully saturated rings. The third-order valence-electron chi connectivity index (χ3n) is 4.06. The highest BCUT2D eigenvalue weighted by Crippen LogP contribution is 2.32. The number of nitro groups is 1. The van der Waals surface area contributed by atoms with Crippen LogP contribution in [-0.4, -0.2) is 19.7 Å². The molecule has 0 saturated carbocycles. The molecule has 0 saturated heterocycles. The number of hydrogen-bond donors (Lipinski definition) is 1. The predicted octanol–water partition coefficient (Wildman–Crippen LogP) is 4.59. The van der Waals surface area contributed by atoms with Crippen LogP contribution in [0.1, 0.15) is 22.8 Å². The second-order valence-corrected chi connectivity index (χ2v) is 6.31. The first-order valence-electron chi connectivity index (χ1n) is 8.44. The Labute approximate surface area is 163 Å². The molecular formula is C19H16F3N5O2. The summed E-state index contributed by atoms with van der Waals surface area (Å²) in [6.07, 6.45) is -3.85. The number of aryl methyl sites for hydroxylation is 2. The van der Waals surface area contributed by atoms with Crippen molar-refractivity contribution in [2.24, 2.45) is 0 Å². The summed E-state index contributed by atoms with van der Waals surface area (Å²) >= 11 is 0. The van der Waals surface area contributed by atoms with Gasteiger partial charge in [-0.25, -0.2) is 0 Å². The van der Waals surface area contributed by atoms with E-state index in [0.717, 1.165) is 17.3 Å². The molecule has 0 atom stereocenters. The first-order valence-corrected chi connectivity index (χ1v) is 8.44. The Kier molecular flexibility index (Phi) is 5.35. The lowest BCUT2D eigenvalue weighted by molar-refractivity contribution is -0.376. The van der Waals surface area contributed by atoms with Crippen molar-refractivity contribution in [3.63, 3.8) is 0 Å². The van der Waals surface area contributed by atoms with Crippen molar-refractivity contribution in [3.8, 4) is 5.69 Å². The van der Waals surface area contributed by atoms with E-state index in [-0.39, 0.29) is 5.69 Å². The minimum absolute atomic E-state index is 0.0611. The van der Waals surface area contributed by atoms with Gasteiger partial charge in [-0.15, -0.1) is 10.2 Å². The van der Waals surface area contributed by atoms with Crippen LogP contribution in [0.4, 0.5) is 18.9 Å². The van der Waals surface area contributed by atoms with Gasteiger partial charge in [-0.05, 0) is 38.1 Å². The average Bonchev–Trinajstić information content (AvgIpc) is 3.09. The van der Waals surface area contributed by atoms with Crippen molar-refractivity contribution in [1.82, 2.24) is 14.8 Å². The Morgan fingerprint density at radius 2 is 1.59 bits per heavy atom. The fourth-order valence-corrected chi connectivity index (χ4v) is 2.57. The van der Waals surface area contributed by atoms with E-state index in [9.17, 15) is 23.3 Å². The average molecular weight is 403 g/mol. The van der Waals surface area contributed by atoms with E-state index in [1.165, 1.54) is 12.1 Å². The van der Waals surface area contributed by atoms with Gasteiger partial charge in [-0.1, -0.05) is 35.4 Å². The molecule has 1 aromatic heterocycles. The van der Waals surface area contributed by atoms with Crippen LogP contribution >= 0.6 is 0 Å². The minimum Gasteiger partial charge on any atom is -0.356 e. The second kappa shape index (κ2) is 7.74. The third-order valence-corrected chi connectivity index (χ3v) is 4.06. The number of hydrogen-bond acceptors (Lipinski definition) is 5. The van der Waals surface area contributed by atoms with Crippen LogP contribution in [0, 0.1) is 24.0 Å². The van der Waals surface area contributed by atoms with Gasteiger partial charge < -0.3 is 5.32 Å². The molecule has 0 bridgehead atoms. The molecule has 0 spiro atoms. The smallest absolute Gasteiger partial charge is 0.356 e. The van der Waals surface area contributed by atoms with Crippen LogP contribution in [0.15, 0.2) is 54.7 Å². The molecular weight excluding hydrogens is 387 g/mol. The number of aromatic nitrogens is 3. The van der Waals surface area contributed by atoms with Crippen molar-refractivity contribution < 1.29 is 18.1 Å². The van der Waals surface area contributed by atoms with Crippen LogP contribution < -0.4 is 5.32 Å². The first kappa shape index (κ1) is 20.1. The molecule has 2 aromatic carbocycles. The monoisotopic (exact) mass is 403 g/mol. The summed E-state index contributed by atoms with van der Waals surface area (Å²) in [4.78, 5) is 10.8. The second-order valence-electron chi connectivity index (χ2n) is 6.31. The molecule has 3 rings (SSSR count).